The summed E-state index contributed by atoms with van der Waals surface area (Å²) in [4.78, 5) is 22.7. The number of amides is 2. The molecular weight excluding hydrogens is 264 g/mol. The highest BCUT2D eigenvalue weighted by molar-refractivity contribution is 5.92. The van der Waals surface area contributed by atoms with Crippen molar-refractivity contribution in [1.82, 2.24) is 5.32 Å². The van der Waals surface area contributed by atoms with Crippen LogP contribution in [0, 0.1) is 5.41 Å². The molecule has 1 rings (SSSR count). The quantitative estimate of drug-likeness (QED) is 0.836. The Balaban J connectivity index is 2.60. The van der Waals surface area contributed by atoms with Crippen molar-refractivity contribution in [2.75, 3.05) is 5.32 Å². The summed E-state index contributed by atoms with van der Waals surface area (Å²) in [6, 6.07) is 7.40. The molecule has 1 aromatic carbocycles. The third-order valence-corrected chi connectivity index (χ3v) is 3.32. The summed E-state index contributed by atoms with van der Waals surface area (Å²) in [5.74, 6) is -0.211. The zero-order valence-corrected chi connectivity index (χ0v) is 13.4. The third kappa shape index (κ3) is 6.25. The zero-order chi connectivity index (χ0) is 16.0. The van der Waals surface area contributed by atoms with Crippen molar-refractivity contribution in [3.8, 4) is 0 Å². The zero-order valence-electron chi connectivity index (χ0n) is 13.4. The van der Waals surface area contributed by atoms with Gasteiger partial charge in [0.05, 0.1) is 0 Å². The predicted molar refractivity (Wildman–Crippen MR) is 86.8 cm³/mol. The summed E-state index contributed by atoms with van der Waals surface area (Å²) in [5, 5.41) is 5.64. The molecule has 0 aliphatic rings. The number of rotatable bonds is 4. The van der Waals surface area contributed by atoms with Crippen molar-refractivity contribution in [2.45, 2.75) is 40.7 Å². The van der Waals surface area contributed by atoms with Gasteiger partial charge in [0.25, 0.3) is 0 Å². The molecular formula is C17H24N2O2. The summed E-state index contributed by atoms with van der Waals surface area (Å²) in [6.45, 7) is 9.72. The van der Waals surface area contributed by atoms with Crippen LogP contribution < -0.4 is 10.6 Å². The third-order valence-electron chi connectivity index (χ3n) is 3.32. The molecule has 0 heterocycles. The van der Waals surface area contributed by atoms with E-state index in [0.29, 0.717) is 0 Å². The number of carbonyl (C=O) groups is 2. The number of nitrogens with one attached hydrogen (secondary N) is 2. The number of benzene rings is 1. The first kappa shape index (κ1) is 17.0. The molecule has 0 aliphatic heterocycles. The van der Waals surface area contributed by atoms with E-state index < -0.39 is 0 Å². The van der Waals surface area contributed by atoms with Gasteiger partial charge in [0.15, 0.2) is 0 Å². The van der Waals surface area contributed by atoms with Crippen molar-refractivity contribution < 1.29 is 9.59 Å². The van der Waals surface area contributed by atoms with Crippen LogP contribution in [0.4, 0.5) is 5.69 Å². The van der Waals surface area contributed by atoms with E-state index >= 15 is 0 Å². The predicted octanol–water partition coefficient (Wildman–Crippen LogP) is 3.21. The lowest BCUT2D eigenvalue weighted by Gasteiger charge is -2.27. The van der Waals surface area contributed by atoms with Gasteiger partial charge in [-0.2, -0.15) is 0 Å². The Labute approximate surface area is 126 Å². The average molecular weight is 288 g/mol. The Morgan fingerprint density at radius 3 is 2.19 bits per heavy atom. The lowest BCUT2D eigenvalue weighted by atomic mass is 9.88. The average Bonchev–Trinajstić information content (AvgIpc) is 2.36. The SMILES string of the molecule is CC(=O)Nc1ccc(/C=C\C(=O)N[C@H](C)C(C)(C)C)cc1. The van der Waals surface area contributed by atoms with Crippen LogP contribution in [0.3, 0.4) is 0 Å². The van der Waals surface area contributed by atoms with Crippen LogP contribution in [-0.2, 0) is 9.59 Å². The van der Waals surface area contributed by atoms with E-state index in [2.05, 4.69) is 31.4 Å². The Kier molecular flexibility index (Phi) is 5.70. The summed E-state index contributed by atoms with van der Waals surface area (Å²) in [6.07, 6.45) is 3.28. The minimum atomic E-state index is -0.108. The van der Waals surface area contributed by atoms with Crippen molar-refractivity contribution >= 4 is 23.6 Å². The molecule has 0 spiro atoms. The van der Waals surface area contributed by atoms with Gasteiger partial charge >= 0.3 is 0 Å². The maximum Gasteiger partial charge on any atom is 0.244 e. The van der Waals surface area contributed by atoms with Gasteiger partial charge in [0, 0.05) is 24.7 Å². The smallest absolute Gasteiger partial charge is 0.244 e. The molecule has 2 N–H and O–H groups in total. The van der Waals surface area contributed by atoms with Gasteiger partial charge in [-0.15, -0.1) is 0 Å². The van der Waals surface area contributed by atoms with Gasteiger partial charge < -0.3 is 10.6 Å². The van der Waals surface area contributed by atoms with Gasteiger partial charge in [-0.1, -0.05) is 32.9 Å². The van der Waals surface area contributed by atoms with E-state index in [1.165, 1.54) is 13.0 Å². The molecule has 0 aromatic heterocycles. The summed E-state index contributed by atoms with van der Waals surface area (Å²) in [5.41, 5.74) is 1.68. The lowest BCUT2D eigenvalue weighted by Crippen LogP contribution is -2.40. The molecule has 0 radical (unpaired) electrons. The van der Waals surface area contributed by atoms with E-state index in [0.717, 1.165) is 11.3 Å². The highest BCUT2D eigenvalue weighted by Gasteiger charge is 2.20. The topological polar surface area (TPSA) is 58.2 Å². The molecule has 0 saturated heterocycles. The Morgan fingerprint density at radius 2 is 1.71 bits per heavy atom. The largest absolute Gasteiger partial charge is 0.350 e. The Hall–Kier alpha value is -2.10. The first-order chi connectivity index (χ1) is 9.68. The minimum absolute atomic E-state index is 0.0313. The van der Waals surface area contributed by atoms with E-state index in [1.54, 1.807) is 18.2 Å². The number of hydrogen-bond acceptors (Lipinski definition) is 2. The van der Waals surface area contributed by atoms with E-state index in [1.807, 2.05) is 19.1 Å². The molecule has 0 saturated carbocycles. The van der Waals surface area contributed by atoms with Crippen LogP contribution in [0.15, 0.2) is 30.3 Å². The van der Waals surface area contributed by atoms with E-state index in [4.69, 9.17) is 0 Å². The lowest BCUT2D eigenvalue weighted by molar-refractivity contribution is -0.117. The molecule has 0 fully saturated rings. The summed E-state index contributed by atoms with van der Waals surface area (Å²) in [7, 11) is 0. The van der Waals surface area contributed by atoms with Crippen LogP contribution >= 0.6 is 0 Å². The van der Waals surface area contributed by atoms with Crippen molar-refractivity contribution in [2.24, 2.45) is 5.41 Å². The van der Waals surface area contributed by atoms with Crippen molar-refractivity contribution in [3.05, 3.63) is 35.9 Å². The number of carbonyl (C=O) groups excluding carboxylic acids is 2. The van der Waals surface area contributed by atoms with Crippen LogP contribution in [0.25, 0.3) is 6.08 Å². The molecule has 2 amide bonds. The molecule has 0 bridgehead atoms. The van der Waals surface area contributed by atoms with E-state index in [9.17, 15) is 9.59 Å². The van der Waals surface area contributed by atoms with Gasteiger partial charge in [0.1, 0.15) is 0 Å². The molecule has 114 valence electrons. The fraction of sp³-hybridized carbons (Fsp3) is 0.412. The van der Waals surface area contributed by atoms with Crippen LogP contribution in [-0.4, -0.2) is 17.9 Å². The first-order valence-electron chi connectivity index (χ1n) is 7.04. The highest BCUT2D eigenvalue weighted by Crippen LogP contribution is 2.18. The van der Waals surface area contributed by atoms with Crippen LogP contribution in [0.1, 0.15) is 40.2 Å². The van der Waals surface area contributed by atoms with Gasteiger partial charge in [-0.3, -0.25) is 9.59 Å². The molecule has 4 heteroatoms. The van der Waals surface area contributed by atoms with Crippen molar-refractivity contribution in [3.63, 3.8) is 0 Å². The Bertz CT molecular complexity index is 525. The van der Waals surface area contributed by atoms with Crippen LogP contribution in [0.2, 0.25) is 0 Å². The highest BCUT2D eigenvalue weighted by atomic mass is 16.2. The fourth-order valence-corrected chi connectivity index (χ4v) is 1.53. The molecule has 1 aromatic rings. The summed E-state index contributed by atoms with van der Waals surface area (Å²) >= 11 is 0. The minimum Gasteiger partial charge on any atom is -0.350 e. The Morgan fingerprint density at radius 1 is 1.14 bits per heavy atom. The maximum atomic E-state index is 11.8. The molecule has 1 atom stereocenters. The van der Waals surface area contributed by atoms with E-state index in [-0.39, 0.29) is 23.3 Å². The molecule has 0 aliphatic carbocycles. The second-order valence-electron chi connectivity index (χ2n) is 6.23. The number of anilines is 1. The van der Waals surface area contributed by atoms with Gasteiger partial charge in [0.2, 0.25) is 11.8 Å². The molecule has 0 unspecified atom stereocenters. The molecule has 4 nitrogen and oxygen atoms in total. The van der Waals surface area contributed by atoms with Crippen LogP contribution in [0.5, 0.6) is 0 Å². The normalized spacial score (nSPS) is 13.0. The second kappa shape index (κ2) is 7.07. The summed E-state index contributed by atoms with van der Waals surface area (Å²) < 4.78 is 0. The maximum absolute atomic E-state index is 11.8. The van der Waals surface area contributed by atoms with Gasteiger partial charge in [-0.25, -0.2) is 0 Å². The standard InChI is InChI=1S/C17H24N2O2/c1-12(17(3,4)5)18-16(21)11-8-14-6-9-15(10-7-14)19-13(2)20/h6-12H,1-5H3,(H,18,21)(H,19,20)/b11-8-/t12-/m1/s1. The molecule has 21 heavy (non-hydrogen) atoms. The fourth-order valence-electron chi connectivity index (χ4n) is 1.53. The second-order valence-corrected chi connectivity index (χ2v) is 6.23. The van der Waals surface area contributed by atoms with Crippen molar-refractivity contribution in [1.29, 1.82) is 0 Å². The van der Waals surface area contributed by atoms with Gasteiger partial charge in [-0.05, 0) is 36.1 Å². The monoisotopic (exact) mass is 288 g/mol. The first-order valence-corrected chi connectivity index (χ1v) is 7.04. The number of hydrogen-bond donors (Lipinski definition) is 2.